The first-order valence-corrected chi connectivity index (χ1v) is 7.72. The highest BCUT2D eigenvalue weighted by Crippen LogP contribution is 2.16. The first-order valence-electron chi connectivity index (χ1n) is 7.72. The zero-order valence-corrected chi connectivity index (χ0v) is 13.7. The van der Waals surface area contributed by atoms with Gasteiger partial charge < -0.3 is 10.6 Å². The highest BCUT2D eigenvalue weighted by molar-refractivity contribution is 6.07. The summed E-state index contributed by atoms with van der Waals surface area (Å²) < 4.78 is 39.5. The molecule has 8 heteroatoms. The third kappa shape index (κ3) is 4.49. The molecule has 0 aliphatic heterocycles. The molecule has 1 heterocycles. The number of pyridine rings is 1. The first-order chi connectivity index (χ1) is 12.9. The molecular weight excluding hydrogens is 359 g/mol. The molecule has 3 rings (SSSR count). The fourth-order valence-corrected chi connectivity index (χ4v) is 2.21. The zero-order valence-electron chi connectivity index (χ0n) is 13.7. The highest BCUT2D eigenvalue weighted by atomic mass is 19.1. The van der Waals surface area contributed by atoms with Crippen LogP contribution in [0.15, 0.2) is 60.8 Å². The summed E-state index contributed by atoms with van der Waals surface area (Å²) in [7, 11) is 0. The average molecular weight is 371 g/mol. The van der Waals surface area contributed by atoms with Crippen molar-refractivity contribution in [3.8, 4) is 0 Å². The molecule has 27 heavy (non-hydrogen) atoms. The van der Waals surface area contributed by atoms with Crippen LogP contribution in [-0.4, -0.2) is 16.8 Å². The smallest absolute Gasteiger partial charge is 0.274 e. The summed E-state index contributed by atoms with van der Waals surface area (Å²) in [5, 5.41) is 4.81. The minimum atomic E-state index is -0.937. The molecule has 3 aromatic rings. The van der Waals surface area contributed by atoms with E-state index in [1.54, 1.807) is 0 Å². The van der Waals surface area contributed by atoms with Gasteiger partial charge in [-0.3, -0.25) is 14.6 Å². The maximum absolute atomic E-state index is 13.6. The molecule has 0 radical (unpaired) electrons. The van der Waals surface area contributed by atoms with Gasteiger partial charge in [0.15, 0.2) is 0 Å². The Morgan fingerprint density at radius 1 is 0.778 bits per heavy atom. The predicted molar refractivity (Wildman–Crippen MR) is 92.9 cm³/mol. The van der Waals surface area contributed by atoms with Crippen molar-refractivity contribution in [3.05, 3.63) is 89.5 Å². The van der Waals surface area contributed by atoms with E-state index in [9.17, 15) is 22.8 Å². The predicted octanol–water partition coefficient (Wildman–Crippen LogP) is 4.00. The van der Waals surface area contributed by atoms with Gasteiger partial charge in [-0.2, -0.15) is 0 Å². The van der Waals surface area contributed by atoms with Gasteiger partial charge in [0.05, 0.1) is 5.69 Å². The topological polar surface area (TPSA) is 71.1 Å². The number of carbonyl (C=O) groups is 2. The van der Waals surface area contributed by atoms with E-state index in [-0.39, 0.29) is 16.9 Å². The van der Waals surface area contributed by atoms with Gasteiger partial charge in [0, 0.05) is 23.5 Å². The van der Waals surface area contributed by atoms with Crippen molar-refractivity contribution in [2.75, 3.05) is 10.6 Å². The maximum atomic E-state index is 13.6. The lowest BCUT2D eigenvalue weighted by Crippen LogP contribution is -2.17. The number of nitrogens with zero attached hydrogens (tertiary/aromatic N) is 1. The molecule has 0 unspecified atom stereocenters. The van der Waals surface area contributed by atoms with E-state index in [1.807, 2.05) is 0 Å². The number of hydrogen-bond acceptors (Lipinski definition) is 3. The van der Waals surface area contributed by atoms with Gasteiger partial charge in [-0.25, -0.2) is 13.2 Å². The molecule has 0 bridgehead atoms. The Hall–Kier alpha value is -3.68. The lowest BCUT2D eigenvalue weighted by Gasteiger charge is -2.08. The molecule has 0 aliphatic rings. The highest BCUT2D eigenvalue weighted by Gasteiger charge is 2.14. The van der Waals surface area contributed by atoms with Crippen LogP contribution in [0.25, 0.3) is 0 Å². The molecule has 0 spiro atoms. The second-order valence-corrected chi connectivity index (χ2v) is 5.47. The summed E-state index contributed by atoms with van der Waals surface area (Å²) in [6, 6.07) is 10.5. The Morgan fingerprint density at radius 2 is 1.48 bits per heavy atom. The van der Waals surface area contributed by atoms with Crippen molar-refractivity contribution in [1.29, 1.82) is 0 Å². The standard InChI is InChI=1S/C19H12F3N3O2/c20-12-1-4-14(5-2-12)24-18(26)11-7-8-23-17(9-11)19(27)25-16-6-3-13(21)10-15(16)22/h1-10H,(H,24,26)(H,25,27). The molecular formula is C19H12F3N3O2. The van der Waals surface area contributed by atoms with Gasteiger partial charge in [0.25, 0.3) is 11.8 Å². The van der Waals surface area contributed by atoms with E-state index < -0.39 is 29.3 Å². The molecule has 2 aromatic carbocycles. The SMILES string of the molecule is O=C(Nc1ccc(F)cc1)c1ccnc(C(=O)Nc2ccc(F)cc2F)c1. The van der Waals surface area contributed by atoms with Crippen LogP contribution < -0.4 is 10.6 Å². The monoisotopic (exact) mass is 371 g/mol. The molecule has 2 amide bonds. The molecule has 136 valence electrons. The van der Waals surface area contributed by atoms with Crippen LogP contribution in [0.3, 0.4) is 0 Å². The fourth-order valence-electron chi connectivity index (χ4n) is 2.21. The minimum Gasteiger partial charge on any atom is -0.322 e. The summed E-state index contributed by atoms with van der Waals surface area (Å²) in [5.74, 6) is -3.46. The second kappa shape index (κ2) is 7.69. The summed E-state index contributed by atoms with van der Waals surface area (Å²) in [4.78, 5) is 28.3. The summed E-state index contributed by atoms with van der Waals surface area (Å²) in [5.41, 5.74) is 0.145. The summed E-state index contributed by atoms with van der Waals surface area (Å²) in [6.07, 6.45) is 1.25. The van der Waals surface area contributed by atoms with E-state index in [2.05, 4.69) is 15.6 Å². The molecule has 1 aromatic heterocycles. The summed E-state index contributed by atoms with van der Waals surface area (Å²) >= 11 is 0. The third-order valence-corrected chi connectivity index (χ3v) is 3.54. The second-order valence-electron chi connectivity index (χ2n) is 5.47. The van der Waals surface area contributed by atoms with Crippen molar-refractivity contribution in [1.82, 2.24) is 4.98 Å². The molecule has 0 saturated heterocycles. The van der Waals surface area contributed by atoms with Crippen molar-refractivity contribution in [2.45, 2.75) is 0 Å². The number of nitrogens with one attached hydrogen (secondary N) is 2. The number of benzene rings is 2. The Labute approximate surface area is 151 Å². The van der Waals surface area contributed by atoms with Crippen molar-refractivity contribution < 1.29 is 22.8 Å². The Morgan fingerprint density at radius 3 is 2.19 bits per heavy atom. The number of halogens is 3. The third-order valence-electron chi connectivity index (χ3n) is 3.54. The molecule has 2 N–H and O–H groups in total. The van der Waals surface area contributed by atoms with Crippen LogP contribution >= 0.6 is 0 Å². The van der Waals surface area contributed by atoms with Crippen LogP contribution in [-0.2, 0) is 0 Å². The Kier molecular flexibility index (Phi) is 5.16. The number of anilines is 2. The van der Waals surface area contributed by atoms with Crippen molar-refractivity contribution >= 4 is 23.2 Å². The quantitative estimate of drug-likeness (QED) is 0.728. The molecule has 0 aliphatic carbocycles. The van der Waals surface area contributed by atoms with Crippen LogP contribution in [0.2, 0.25) is 0 Å². The van der Waals surface area contributed by atoms with Gasteiger partial charge in [0.1, 0.15) is 23.1 Å². The van der Waals surface area contributed by atoms with Crippen LogP contribution in [0.1, 0.15) is 20.8 Å². The lowest BCUT2D eigenvalue weighted by atomic mass is 10.2. The first kappa shape index (κ1) is 18.1. The Balaban J connectivity index is 1.75. The van der Waals surface area contributed by atoms with Crippen LogP contribution in [0, 0.1) is 17.5 Å². The molecule has 0 atom stereocenters. The van der Waals surface area contributed by atoms with E-state index in [0.717, 1.165) is 12.1 Å². The number of carbonyl (C=O) groups excluding carboxylic acids is 2. The minimum absolute atomic E-state index is 0.124. The van der Waals surface area contributed by atoms with Crippen LogP contribution in [0.4, 0.5) is 24.5 Å². The molecule has 0 fully saturated rings. The van der Waals surface area contributed by atoms with Gasteiger partial charge in [-0.15, -0.1) is 0 Å². The largest absolute Gasteiger partial charge is 0.322 e. The van der Waals surface area contributed by atoms with Gasteiger partial charge in [-0.1, -0.05) is 0 Å². The number of rotatable bonds is 4. The van der Waals surface area contributed by atoms with Crippen LogP contribution in [0.5, 0.6) is 0 Å². The van der Waals surface area contributed by atoms with E-state index >= 15 is 0 Å². The number of amides is 2. The van der Waals surface area contributed by atoms with Crippen molar-refractivity contribution in [2.24, 2.45) is 0 Å². The number of aromatic nitrogens is 1. The number of hydrogen-bond donors (Lipinski definition) is 2. The van der Waals surface area contributed by atoms with Gasteiger partial charge in [0.2, 0.25) is 0 Å². The van der Waals surface area contributed by atoms with E-state index in [4.69, 9.17) is 0 Å². The fraction of sp³-hybridized carbons (Fsp3) is 0. The van der Waals surface area contributed by atoms with E-state index in [1.165, 1.54) is 42.6 Å². The Bertz CT molecular complexity index is 1010. The maximum Gasteiger partial charge on any atom is 0.274 e. The normalized spacial score (nSPS) is 10.3. The lowest BCUT2D eigenvalue weighted by molar-refractivity contribution is 0.102. The molecule has 5 nitrogen and oxygen atoms in total. The summed E-state index contributed by atoms with van der Waals surface area (Å²) in [6.45, 7) is 0. The van der Waals surface area contributed by atoms with Gasteiger partial charge in [-0.05, 0) is 48.5 Å². The molecule has 0 saturated carbocycles. The van der Waals surface area contributed by atoms with Crippen molar-refractivity contribution in [3.63, 3.8) is 0 Å². The zero-order chi connectivity index (χ0) is 19.4. The van der Waals surface area contributed by atoms with Gasteiger partial charge >= 0.3 is 0 Å². The van der Waals surface area contributed by atoms with E-state index in [0.29, 0.717) is 11.8 Å². The average Bonchev–Trinajstić information content (AvgIpc) is 2.66.